The van der Waals surface area contributed by atoms with Crippen LogP contribution in [0.15, 0.2) is 11.1 Å². The molecular weight excluding hydrogens is 300 g/mol. The van der Waals surface area contributed by atoms with Gasteiger partial charge >= 0.3 is 5.97 Å². The van der Waals surface area contributed by atoms with E-state index in [2.05, 4.69) is 4.74 Å². The van der Waals surface area contributed by atoms with Gasteiger partial charge in [0, 0.05) is 36.7 Å². The molecule has 0 aliphatic carbocycles. The van der Waals surface area contributed by atoms with E-state index in [1.54, 1.807) is 18.7 Å². The zero-order valence-electron chi connectivity index (χ0n) is 13.8. The van der Waals surface area contributed by atoms with Gasteiger partial charge in [-0.15, -0.1) is 0 Å². The third-order valence-corrected chi connectivity index (χ3v) is 4.57. The molecule has 1 fully saturated rings. The van der Waals surface area contributed by atoms with Crippen LogP contribution < -0.4 is 0 Å². The third-order valence-electron chi connectivity index (χ3n) is 4.57. The molecule has 1 saturated heterocycles. The van der Waals surface area contributed by atoms with Crippen LogP contribution in [0.25, 0.3) is 0 Å². The summed E-state index contributed by atoms with van der Waals surface area (Å²) in [7, 11) is 1.33. The smallest absolute Gasteiger partial charge is 0.307 e. The van der Waals surface area contributed by atoms with E-state index in [9.17, 15) is 19.2 Å². The molecule has 126 valence electrons. The van der Waals surface area contributed by atoms with Gasteiger partial charge in [0.25, 0.3) is 11.8 Å². The minimum Gasteiger partial charge on any atom is -0.469 e. The summed E-state index contributed by atoms with van der Waals surface area (Å²) in [6, 6.07) is -0.151. The second-order valence-electron chi connectivity index (χ2n) is 5.93. The molecule has 0 bridgehead atoms. The minimum absolute atomic E-state index is 0.0760. The maximum Gasteiger partial charge on any atom is 0.307 e. The van der Waals surface area contributed by atoms with E-state index in [4.69, 9.17) is 0 Å². The normalized spacial score (nSPS) is 21.4. The first-order valence-electron chi connectivity index (χ1n) is 7.76. The van der Waals surface area contributed by atoms with Crippen molar-refractivity contribution in [1.82, 2.24) is 9.80 Å². The third kappa shape index (κ3) is 3.43. The monoisotopic (exact) mass is 322 g/mol. The number of likely N-dealkylation sites (tertiary alicyclic amines) is 1. The molecule has 2 rings (SSSR count). The van der Waals surface area contributed by atoms with Crippen molar-refractivity contribution in [2.75, 3.05) is 20.2 Å². The SMILES string of the molecule is COC(=O)CC1CCCN1C(=O)CCN1C(=O)C(C)=C(C)C1=O. The summed E-state index contributed by atoms with van der Waals surface area (Å²) < 4.78 is 4.65. The lowest BCUT2D eigenvalue weighted by Crippen LogP contribution is -2.40. The van der Waals surface area contributed by atoms with Gasteiger partial charge in [-0.3, -0.25) is 24.1 Å². The Morgan fingerprint density at radius 3 is 2.35 bits per heavy atom. The van der Waals surface area contributed by atoms with Gasteiger partial charge in [-0.2, -0.15) is 0 Å². The van der Waals surface area contributed by atoms with E-state index in [0.29, 0.717) is 17.7 Å². The van der Waals surface area contributed by atoms with Crippen molar-refractivity contribution >= 4 is 23.7 Å². The summed E-state index contributed by atoms with van der Waals surface area (Å²) in [6.07, 6.45) is 1.87. The molecule has 1 unspecified atom stereocenters. The van der Waals surface area contributed by atoms with Crippen molar-refractivity contribution in [1.29, 1.82) is 0 Å². The van der Waals surface area contributed by atoms with E-state index in [-0.39, 0.29) is 49.1 Å². The molecule has 2 heterocycles. The first kappa shape index (κ1) is 17.2. The molecule has 2 aliphatic rings. The minimum atomic E-state index is -0.338. The van der Waals surface area contributed by atoms with E-state index < -0.39 is 0 Å². The number of rotatable bonds is 5. The molecule has 7 heteroatoms. The van der Waals surface area contributed by atoms with Gasteiger partial charge in [-0.05, 0) is 26.7 Å². The quantitative estimate of drug-likeness (QED) is 0.548. The van der Waals surface area contributed by atoms with Crippen molar-refractivity contribution in [3.8, 4) is 0 Å². The Kier molecular flexibility index (Phi) is 5.18. The van der Waals surface area contributed by atoms with Crippen LogP contribution in [0.1, 0.15) is 39.5 Å². The first-order chi connectivity index (χ1) is 10.9. The molecule has 7 nitrogen and oxygen atoms in total. The van der Waals surface area contributed by atoms with Gasteiger partial charge in [0.15, 0.2) is 0 Å². The highest BCUT2D eigenvalue weighted by molar-refractivity contribution is 6.18. The maximum atomic E-state index is 12.4. The Morgan fingerprint density at radius 2 is 1.78 bits per heavy atom. The molecule has 23 heavy (non-hydrogen) atoms. The number of nitrogens with zero attached hydrogens (tertiary/aromatic N) is 2. The van der Waals surface area contributed by atoms with Crippen LogP contribution in [-0.4, -0.2) is 59.7 Å². The summed E-state index contributed by atoms with van der Waals surface area (Å²) in [6.45, 7) is 3.90. The first-order valence-corrected chi connectivity index (χ1v) is 7.76. The van der Waals surface area contributed by atoms with Crippen molar-refractivity contribution < 1.29 is 23.9 Å². The molecule has 3 amide bonds. The average Bonchev–Trinajstić information content (AvgIpc) is 3.06. The highest BCUT2D eigenvalue weighted by Crippen LogP contribution is 2.23. The van der Waals surface area contributed by atoms with Gasteiger partial charge in [0.05, 0.1) is 13.5 Å². The molecule has 0 radical (unpaired) electrons. The Bertz CT molecular complexity index is 557. The highest BCUT2D eigenvalue weighted by atomic mass is 16.5. The average molecular weight is 322 g/mol. The second-order valence-corrected chi connectivity index (χ2v) is 5.93. The summed E-state index contributed by atoms with van der Waals surface area (Å²) >= 11 is 0. The van der Waals surface area contributed by atoms with Crippen LogP contribution >= 0.6 is 0 Å². The molecule has 2 aliphatic heterocycles. The molecule has 0 aromatic rings. The highest BCUT2D eigenvalue weighted by Gasteiger charge is 2.35. The lowest BCUT2D eigenvalue weighted by atomic mass is 10.1. The lowest BCUT2D eigenvalue weighted by Gasteiger charge is -2.25. The number of imide groups is 1. The van der Waals surface area contributed by atoms with E-state index >= 15 is 0 Å². The van der Waals surface area contributed by atoms with Crippen LogP contribution in [0.5, 0.6) is 0 Å². The number of ether oxygens (including phenoxy) is 1. The topological polar surface area (TPSA) is 84.0 Å². The lowest BCUT2D eigenvalue weighted by molar-refractivity contribution is -0.143. The molecule has 0 aromatic heterocycles. The van der Waals surface area contributed by atoms with Gasteiger partial charge in [0.1, 0.15) is 0 Å². The second kappa shape index (κ2) is 6.93. The Morgan fingerprint density at radius 1 is 1.17 bits per heavy atom. The molecule has 0 N–H and O–H groups in total. The number of carbonyl (C=O) groups is 4. The number of esters is 1. The van der Waals surface area contributed by atoms with Crippen LogP contribution in [-0.2, 0) is 23.9 Å². The van der Waals surface area contributed by atoms with Gasteiger partial charge < -0.3 is 9.64 Å². The fourth-order valence-electron chi connectivity index (χ4n) is 3.02. The number of hydrogen-bond acceptors (Lipinski definition) is 5. The molecule has 0 aromatic carbocycles. The van der Waals surface area contributed by atoms with Crippen LogP contribution in [0, 0.1) is 0 Å². The Labute approximate surface area is 135 Å². The molecule has 0 saturated carbocycles. The van der Waals surface area contributed by atoms with Crippen LogP contribution in [0.2, 0.25) is 0 Å². The number of amides is 3. The van der Waals surface area contributed by atoms with Crippen LogP contribution in [0.4, 0.5) is 0 Å². The Balaban J connectivity index is 1.91. The van der Waals surface area contributed by atoms with Gasteiger partial charge in [-0.25, -0.2) is 0 Å². The van der Waals surface area contributed by atoms with Gasteiger partial charge in [0.2, 0.25) is 5.91 Å². The summed E-state index contributed by atoms with van der Waals surface area (Å²) in [5.74, 6) is -1.13. The number of hydrogen-bond donors (Lipinski definition) is 0. The van der Waals surface area contributed by atoms with Crippen LogP contribution in [0.3, 0.4) is 0 Å². The molecule has 1 atom stereocenters. The predicted octanol–water partition coefficient (Wildman–Crippen LogP) is 0.636. The largest absolute Gasteiger partial charge is 0.469 e. The van der Waals surface area contributed by atoms with E-state index in [0.717, 1.165) is 17.7 Å². The van der Waals surface area contributed by atoms with Crippen molar-refractivity contribution in [3.63, 3.8) is 0 Å². The number of methoxy groups -OCH3 is 1. The zero-order valence-corrected chi connectivity index (χ0v) is 13.8. The van der Waals surface area contributed by atoms with Crippen molar-refractivity contribution in [3.05, 3.63) is 11.1 Å². The molecular formula is C16H22N2O5. The fraction of sp³-hybridized carbons (Fsp3) is 0.625. The molecule has 0 spiro atoms. The predicted molar refractivity (Wildman–Crippen MR) is 81.1 cm³/mol. The van der Waals surface area contributed by atoms with Crippen molar-refractivity contribution in [2.45, 2.75) is 45.6 Å². The maximum absolute atomic E-state index is 12.4. The van der Waals surface area contributed by atoms with Gasteiger partial charge in [-0.1, -0.05) is 0 Å². The fourth-order valence-corrected chi connectivity index (χ4v) is 3.02. The summed E-state index contributed by atoms with van der Waals surface area (Å²) in [4.78, 5) is 50.5. The van der Waals surface area contributed by atoms with E-state index in [1.807, 2.05) is 0 Å². The van der Waals surface area contributed by atoms with E-state index in [1.165, 1.54) is 7.11 Å². The standard InChI is InChI=1S/C16H22N2O5/c1-10-11(2)16(22)18(15(10)21)8-6-13(19)17-7-4-5-12(17)9-14(20)23-3/h12H,4-9H2,1-3H3. The van der Waals surface area contributed by atoms with Crippen molar-refractivity contribution in [2.24, 2.45) is 0 Å². The Hall–Kier alpha value is -2.18. The zero-order chi connectivity index (χ0) is 17.1. The summed E-state index contributed by atoms with van der Waals surface area (Å²) in [5.41, 5.74) is 0.874. The number of carbonyl (C=O) groups excluding carboxylic acids is 4. The summed E-state index contributed by atoms with van der Waals surface area (Å²) in [5, 5.41) is 0.